The van der Waals surface area contributed by atoms with Gasteiger partial charge in [0.15, 0.2) is 0 Å². The highest BCUT2D eigenvalue weighted by atomic mass is 15.3. The minimum Gasteiger partial charge on any atom is -0.399 e. The molecule has 3 N–H and O–H groups in total. The second-order valence-electron chi connectivity index (χ2n) is 3.75. The van der Waals surface area contributed by atoms with E-state index in [1.54, 1.807) is 22.9 Å². The summed E-state index contributed by atoms with van der Waals surface area (Å²) in [7, 11) is 1.87. The van der Waals surface area contributed by atoms with E-state index >= 15 is 0 Å². The van der Waals surface area contributed by atoms with Crippen molar-refractivity contribution in [2.75, 3.05) is 11.1 Å². The number of rotatable bonds is 3. The van der Waals surface area contributed by atoms with Gasteiger partial charge in [0.05, 0.1) is 23.5 Å². The number of hydrogen-bond donors (Lipinski definition) is 2. The molecule has 0 saturated carbocycles. The van der Waals surface area contributed by atoms with E-state index in [1.165, 1.54) is 0 Å². The van der Waals surface area contributed by atoms with Crippen LogP contribution in [0.1, 0.15) is 11.3 Å². The lowest BCUT2D eigenvalue weighted by molar-refractivity contribution is 0.747. The van der Waals surface area contributed by atoms with Crippen LogP contribution in [-0.2, 0) is 13.6 Å². The van der Waals surface area contributed by atoms with Gasteiger partial charge >= 0.3 is 0 Å². The van der Waals surface area contributed by atoms with Gasteiger partial charge in [0, 0.05) is 18.9 Å². The Labute approximate surface area is 99.5 Å². The third kappa shape index (κ3) is 2.55. The number of benzene rings is 1. The normalized spacial score (nSPS) is 9.88. The van der Waals surface area contributed by atoms with E-state index in [4.69, 9.17) is 11.0 Å². The fourth-order valence-electron chi connectivity index (χ4n) is 1.55. The summed E-state index contributed by atoms with van der Waals surface area (Å²) in [5, 5.41) is 16.4. The molecule has 1 heterocycles. The monoisotopic (exact) mass is 227 g/mol. The highest BCUT2D eigenvalue weighted by Gasteiger charge is 2.03. The maximum atomic E-state index is 8.98. The molecule has 0 spiro atoms. The molecule has 0 aliphatic carbocycles. The van der Waals surface area contributed by atoms with Crippen molar-refractivity contribution in [3.8, 4) is 6.07 Å². The molecule has 0 atom stereocenters. The van der Waals surface area contributed by atoms with E-state index in [0.717, 1.165) is 11.4 Å². The molecular formula is C12H13N5. The van der Waals surface area contributed by atoms with Gasteiger partial charge in [-0.15, -0.1) is 0 Å². The van der Waals surface area contributed by atoms with Crippen LogP contribution in [0.25, 0.3) is 0 Å². The lowest BCUT2D eigenvalue weighted by Gasteiger charge is -2.07. The summed E-state index contributed by atoms with van der Waals surface area (Å²) in [6, 6.07) is 9.26. The molecule has 2 aromatic rings. The van der Waals surface area contributed by atoms with Gasteiger partial charge in [-0.05, 0) is 24.3 Å². The van der Waals surface area contributed by atoms with Crippen LogP contribution in [0.5, 0.6) is 0 Å². The van der Waals surface area contributed by atoms with Crippen LogP contribution in [0.4, 0.5) is 11.4 Å². The number of nitrogens with one attached hydrogen (secondary N) is 1. The van der Waals surface area contributed by atoms with Gasteiger partial charge in [-0.1, -0.05) is 0 Å². The zero-order chi connectivity index (χ0) is 12.3. The van der Waals surface area contributed by atoms with Crippen LogP contribution >= 0.6 is 0 Å². The van der Waals surface area contributed by atoms with Crippen LogP contribution < -0.4 is 11.1 Å². The summed E-state index contributed by atoms with van der Waals surface area (Å²) in [5.41, 5.74) is 8.44. The number of anilines is 2. The smallest absolute Gasteiger partial charge is 0.101 e. The van der Waals surface area contributed by atoms with Crippen molar-refractivity contribution in [1.29, 1.82) is 5.26 Å². The van der Waals surface area contributed by atoms with E-state index in [2.05, 4.69) is 16.5 Å². The third-order valence-electron chi connectivity index (χ3n) is 2.39. The van der Waals surface area contributed by atoms with E-state index in [0.29, 0.717) is 17.8 Å². The molecule has 0 unspecified atom stereocenters. The highest BCUT2D eigenvalue weighted by Crippen LogP contribution is 2.18. The zero-order valence-electron chi connectivity index (χ0n) is 9.51. The third-order valence-corrected chi connectivity index (χ3v) is 2.39. The van der Waals surface area contributed by atoms with Crippen LogP contribution in [0.15, 0.2) is 30.5 Å². The molecule has 0 aliphatic rings. The molecule has 2 rings (SSSR count). The first kappa shape index (κ1) is 11.0. The molecule has 0 bridgehead atoms. The van der Waals surface area contributed by atoms with Gasteiger partial charge in [0.2, 0.25) is 0 Å². The Bertz CT molecular complexity index is 565. The van der Waals surface area contributed by atoms with E-state index in [-0.39, 0.29) is 0 Å². The molecule has 0 amide bonds. The number of hydrogen-bond acceptors (Lipinski definition) is 4. The number of nitriles is 1. The zero-order valence-corrected chi connectivity index (χ0v) is 9.51. The molecule has 86 valence electrons. The van der Waals surface area contributed by atoms with Crippen molar-refractivity contribution in [2.24, 2.45) is 7.05 Å². The fraction of sp³-hybridized carbons (Fsp3) is 0.167. The lowest BCUT2D eigenvalue weighted by Crippen LogP contribution is -2.03. The summed E-state index contributed by atoms with van der Waals surface area (Å²) in [4.78, 5) is 0. The fourth-order valence-corrected chi connectivity index (χ4v) is 1.55. The molecular weight excluding hydrogens is 214 g/mol. The Kier molecular flexibility index (Phi) is 2.97. The number of nitrogen functional groups attached to an aromatic ring is 1. The number of aromatic nitrogens is 2. The van der Waals surface area contributed by atoms with Crippen LogP contribution in [-0.4, -0.2) is 9.78 Å². The van der Waals surface area contributed by atoms with Gasteiger partial charge in [0.25, 0.3) is 0 Å². The van der Waals surface area contributed by atoms with Crippen molar-refractivity contribution < 1.29 is 0 Å². The molecule has 5 heteroatoms. The maximum absolute atomic E-state index is 8.98. The highest BCUT2D eigenvalue weighted by molar-refractivity contribution is 5.62. The minimum absolute atomic E-state index is 0.543. The first-order valence-corrected chi connectivity index (χ1v) is 5.21. The Hall–Kier alpha value is -2.48. The van der Waals surface area contributed by atoms with Crippen LogP contribution in [0, 0.1) is 11.3 Å². The van der Waals surface area contributed by atoms with Crippen molar-refractivity contribution in [2.45, 2.75) is 6.54 Å². The quantitative estimate of drug-likeness (QED) is 0.778. The first-order valence-electron chi connectivity index (χ1n) is 5.21. The Morgan fingerprint density at radius 2 is 2.29 bits per heavy atom. The number of aryl methyl sites for hydroxylation is 1. The van der Waals surface area contributed by atoms with Gasteiger partial charge in [-0.25, -0.2) is 0 Å². The number of nitrogens with zero attached hydrogens (tertiary/aromatic N) is 3. The van der Waals surface area contributed by atoms with Gasteiger partial charge < -0.3 is 11.1 Å². The molecule has 0 aliphatic heterocycles. The Morgan fingerprint density at radius 1 is 1.47 bits per heavy atom. The van der Waals surface area contributed by atoms with E-state index in [9.17, 15) is 0 Å². The average Bonchev–Trinajstić information content (AvgIpc) is 2.73. The average molecular weight is 227 g/mol. The summed E-state index contributed by atoms with van der Waals surface area (Å²) in [6.45, 7) is 0.583. The standard InChI is InChI=1S/C12H13N5/c1-17-5-4-11(16-17)8-15-12-3-2-10(14)6-9(12)7-13/h2-6,15H,8,14H2,1H3. The molecule has 1 aromatic heterocycles. The lowest BCUT2D eigenvalue weighted by atomic mass is 10.1. The van der Waals surface area contributed by atoms with E-state index in [1.807, 2.05) is 19.3 Å². The predicted molar refractivity (Wildman–Crippen MR) is 66.1 cm³/mol. The first-order chi connectivity index (χ1) is 8.19. The molecule has 0 radical (unpaired) electrons. The van der Waals surface area contributed by atoms with E-state index < -0.39 is 0 Å². The Balaban J connectivity index is 2.12. The van der Waals surface area contributed by atoms with Crippen molar-refractivity contribution >= 4 is 11.4 Å². The minimum atomic E-state index is 0.543. The largest absolute Gasteiger partial charge is 0.399 e. The summed E-state index contributed by atoms with van der Waals surface area (Å²) in [6.07, 6.45) is 1.88. The van der Waals surface area contributed by atoms with Gasteiger partial charge in [-0.2, -0.15) is 10.4 Å². The predicted octanol–water partition coefficient (Wildman–Crippen LogP) is 1.49. The van der Waals surface area contributed by atoms with Gasteiger partial charge in [-0.3, -0.25) is 4.68 Å². The summed E-state index contributed by atoms with van der Waals surface area (Å²) in [5.74, 6) is 0. The molecule has 1 aromatic carbocycles. The van der Waals surface area contributed by atoms with Crippen molar-refractivity contribution in [3.63, 3.8) is 0 Å². The second-order valence-corrected chi connectivity index (χ2v) is 3.75. The van der Waals surface area contributed by atoms with Crippen molar-refractivity contribution in [1.82, 2.24) is 9.78 Å². The van der Waals surface area contributed by atoms with Crippen LogP contribution in [0.2, 0.25) is 0 Å². The molecule has 5 nitrogen and oxygen atoms in total. The summed E-state index contributed by atoms with van der Waals surface area (Å²) < 4.78 is 1.74. The van der Waals surface area contributed by atoms with Gasteiger partial charge in [0.1, 0.15) is 6.07 Å². The SMILES string of the molecule is Cn1ccc(CNc2ccc(N)cc2C#N)n1. The van der Waals surface area contributed by atoms with Crippen molar-refractivity contribution in [3.05, 3.63) is 41.7 Å². The van der Waals surface area contributed by atoms with Crippen LogP contribution in [0.3, 0.4) is 0 Å². The summed E-state index contributed by atoms with van der Waals surface area (Å²) >= 11 is 0. The number of nitrogens with two attached hydrogens (primary N) is 1. The topological polar surface area (TPSA) is 79.7 Å². The Morgan fingerprint density at radius 3 is 2.94 bits per heavy atom. The molecule has 17 heavy (non-hydrogen) atoms. The maximum Gasteiger partial charge on any atom is 0.101 e. The molecule has 0 saturated heterocycles. The molecule has 0 fully saturated rings. The second kappa shape index (κ2) is 4.58.